The van der Waals surface area contributed by atoms with Gasteiger partial charge in [0.15, 0.2) is 25.0 Å². The molecular formula is C30H58O5SSi3. The monoisotopic (exact) mass is 614 g/mol. The molecule has 0 unspecified atom stereocenters. The maximum Gasteiger partial charge on any atom is 0.192 e. The Morgan fingerprint density at radius 1 is 0.718 bits per heavy atom. The third-order valence-electron chi connectivity index (χ3n) is 9.50. The molecular weight excluding hydrogens is 557 g/mol. The Hall–Kier alpha value is 0.0206. The van der Waals surface area contributed by atoms with E-state index in [9.17, 15) is 5.11 Å². The first-order chi connectivity index (χ1) is 17.4. The van der Waals surface area contributed by atoms with Crippen molar-refractivity contribution in [2.24, 2.45) is 0 Å². The van der Waals surface area contributed by atoms with Crippen LogP contribution in [0.5, 0.6) is 0 Å². The first-order valence-corrected chi connectivity index (χ1v) is 24.0. The lowest BCUT2D eigenvalue weighted by molar-refractivity contribution is -0.195. The van der Waals surface area contributed by atoms with Crippen molar-refractivity contribution in [3.8, 4) is 0 Å². The van der Waals surface area contributed by atoms with Gasteiger partial charge in [-0.2, -0.15) is 0 Å². The van der Waals surface area contributed by atoms with Crippen LogP contribution in [0, 0.1) is 0 Å². The second-order valence-corrected chi connectivity index (χ2v) is 31.2. The van der Waals surface area contributed by atoms with Crippen LogP contribution < -0.4 is 0 Å². The van der Waals surface area contributed by atoms with Crippen molar-refractivity contribution in [3.63, 3.8) is 0 Å². The molecule has 0 spiro atoms. The Morgan fingerprint density at radius 3 is 1.59 bits per heavy atom. The minimum Gasteiger partial charge on any atom is -0.414 e. The summed E-state index contributed by atoms with van der Waals surface area (Å²) >= 11 is 1.55. The zero-order chi connectivity index (χ0) is 30.2. The highest BCUT2D eigenvalue weighted by Crippen LogP contribution is 2.45. The molecule has 1 heterocycles. The summed E-state index contributed by atoms with van der Waals surface area (Å²) in [4.78, 5) is 1.06. The molecule has 0 radical (unpaired) electrons. The highest BCUT2D eigenvalue weighted by Gasteiger charge is 2.54. The molecule has 5 atom stereocenters. The highest BCUT2D eigenvalue weighted by atomic mass is 32.2. The number of rotatable bonds is 9. The molecule has 0 aromatic heterocycles. The van der Waals surface area contributed by atoms with Crippen LogP contribution in [0.3, 0.4) is 0 Å². The molecule has 0 amide bonds. The molecule has 2 rings (SSSR count). The van der Waals surface area contributed by atoms with Gasteiger partial charge in [-0.3, -0.25) is 0 Å². The zero-order valence-electron chi connectivity index (χ0n) is 27.5. The quantitative estimate of drug-likeness (QED) is 0.281. The molecule has 1 N–H and O–H groups in total. The smallest absolute Gasteiger partial charge is 0.192 e. The summed E-state index contributed by atoms with van der Waals surface area (Å²) < 4.78 is 27.7. The van der Waals surface area contributed by atoms with Crippen molar-refractivity contribution in [3.05, 3.63) is 30.3 Å². The minimum absolute atomic E-state index is 0.0000489. The van der Waals surface area contributed by atoms with Crippen molar-refractivity contribution in [2.45, 2.75) is 151 Å². The SMILES string of the molecule is CC(C)(C)[Si](C)(C)OC[C@H]1O[C@@H](Sc2ccccc2)[C@H](O)[C@@H](O[Si](C)(C)C(C)(C)C)[C@@H]1O[Si](C)(C)C(C)(C)C. The summed E-state index contributed by atoms with van der Waals surface area (Å²) in [7, 11) is -6.55. The van der Waals surface area contributed by atoms with E-state index in [1.165, 1.54) is 0 Å². The predicted molar refractivity (Wildman–Crippen MR) is 174 cm³/mol. The van der Waals surface area contributed by atoms with Crippen LogP contribution in [0.15, 0.2) is 35.2 Å². The van der Waals surface area contributed by atoms with Gasteiger partial charge in [0.1, 0.15) is 29.9 Å². The molecule has 1 aliphatic rings. The van der Waals surface area contributed by atoms with E-state index in [-0.39, 0.29) is 21.2 Å². The molecule has 39 heavy (non-hydrogen) atoms. The van der Waals surface area contributed by atoms with Crippen molar-refractivity contribution >= 4 is 36.7 Å². The fraction of sp³-hybridized carbons (Fsp3) is 0.800. The average Bonchev–Trinajstić information content (AvgIpc) is 2.75. The fourth-order valence-electron chi connectivity index (χ4n) is 3.58. The number of benzene rings is 1. The number of aliphatic hydroxyl groups is 1. The molecule has 1 aliphatic heterocycles. The van der Waals surface area contributed by atoms with Gasteiger partial charge in [-0.05, 0) is 66.5 Å². The van der Waals surface area contributed by atoms with Crippen LogP contribution >= 0.6 is 11.8 Å². The van der Waals surface area contributed by atoms with Gasteiger partial charge in [-0.1, -0.05) is 92.3 Å². The van der Waals surface area contributed by atoms with Gasteiger partial charge in [0.05, 0.1) is 6.61 Å². The summed E-state index contributed by atoms with van der Waals surface area (Å²) in [5, 5.41) is 12.0. The van der Waals surface area contributed by atoms with E-state index in [1.54, 1.807) is 11.8 Å². The standard InChI is InChI=1S/C30H58O5SSi3/c1-28(2,3)37(10,11)32-21-23-25(34-38(12,13)29(4,5)6)26(35-39(14,15)30(7,8)9)24(31)27(33-23)36-22-19-17-16-18-20-22/h16-20,23-27,31H,21H2,1-15H3/t23-,24-,25-,26-,27+/m1/s1. The number of aliphatic hydroxyl groups excluding tert-OH is 1. The fourth-order valence-corrected chi connectivity index (χ4v) is 8.29. The lowest BCUT2D eigenvalue weighted by Crippen LogP contribution is -2.65. The summed E-state index contributed by atoms with van der Waals surface area (Å²) in [6.45, 7) is 34.2. The summed E-state index contributed by atoms with van der Waals surface area (Å²) in [6.07, 6.45) is -2.13. The molecule has 5 nitrogen and oxygen atoms in total. The lowest BCUT2D eigenvalue weighted by Gasteiger charge is -2.52. The van der Waals surface area contributed by atoms with Crippen LogP contribution in [-0.4, -0.2) is 66.5 Å². The molecule has 1 aromatic rings. The molecule has 1 fully saturated rings. The normalized spacial score (nSPS) is 26.1. The summed E-state index contributed by atoms with van der Waals surface area (Å²) in [5.41, 5.74) is -0.491. The molecule has 0 aliphatic carbocycles. The molecule has 226 valence electrons. The van der Waals surface area contributed by atoms with Crippen LogP contribution in [0.1, 0.15) is 62.3 Å². The molecule has 1 aromatic carbocycles. The Kier molecular flexibility index (Phi) is 11.1. The van der Waals surface area contributed by atoms with Crippen molar-refractivity contribution < 1.29 is 23.1 Å². The van der Waals surface area contributed by atoms with Gasteiger partial charge >= 0.3 is 0 Å². The van der Waals surface area contributed by atoms with Crippen molar-refractivity contribution in [1.82, 2.24) is 0 Å². The molecule has 9 heteroatoms. The van der Waals surface area contributed by atoms with E-state index in [2.05, 4.69) is 114 Å². The van der Waals surface area contributed by atoms with Crippen LogP contribution in [0.2, 0.25) is 54.4 Å². The number of ether oxygens (including phenoxy) is 1. The van der Waals surface area contributed by atoms with E-state index in [0.29, 0.717) is 6.61 Å². The Bertz CT molecular complexity index is 919. The van der Waals surface area contributed by atoms with E-state index >= 15 is 0 Å². The second kappa shape index (κ2) is 12.3. The largest absolute Gasteiger partial charge is 0.414 e. The van der Waals surface area contributed by atoms with Crippen LogP contribution in [0.4, 0.5) is 0 Å². The van der Waals surface area contributed by atoms with E-state index in [1.807, 2.05) is 18.2 Å². The molecule has 0 bridgehead atoms. The summed E-state index contributed by atoms with van der Waals surface area (Å²) in [5.74, 6) is 0. The topological polar surface area (TPSA) is 57.2 Å². The first kappa shape index (κ1) is 35.2. The zero-order valence-corrected chi connectivity index (χ0v) is 31.3. The maximum absolute atomic E-state index is 11.9. The van der Waals surface area contributed by atoms with Gasteiger partial charge < -0.3 is 23.1 Å². The predicted octanol–water partition coefficient (Wildman–Crippen LogP) is 8.67. The minimum atomic E-state index is -2.26. The number of hydrogen-bond donors (Lipinski definition) is 1. The summed E-state index contributed by atoms with van der Waals surface area (Å²) in [6, 6.07) is 10.2. The van der Waals surface area contributed by atoms with Gasteiger partial charge in [0.25, 0.3) is 0 Å². The number of thioether (sulfide) groups is 1. The third-order valence-corrected chi connectivity index (χ3v) is 24.1. The van der Waals surface area contributed by atoms with Crippen molar-refractivity contribution in [1.29, 1.82) is 0 Å². The Morgan fingerprint density at radius 2 is 1.15 bits per heavy atom. The van der Waals surface area contributed by atoms with Gasteiger partial charge in [0, 0.05) is 4.90 Å². The van der Waals surface area contributed by atoms with E-state index < -0.39 is 48.7 Å². The Labute approximate surface area is 247 Å². The third kappa shape index (κ3) is 8.77. The first-order valence-electron chi connectivity index (χ1n) is 14.4. The highest BCUT2D eigenvalue weighted by molar-refractivity contribution is 7.99. The lowest BCUT2D eigenvalue weighted by atomic mass is 10.0. The number of hydrogen-bond acceptors (Lipinski definition) is 6. The Balaban J connectivity index is 2.57. The van der Waals surface area contributed by atoms with E-state index in [0.717, 1.165) is 4.90 Å². The van der Waals surface area contributed by atoms with E-state index in [4.69, 9.17) is 18.0 Å². The van der Waals surface area contributed by atoms with Crippen molar-refractivity contribution in [2.75, 3.05) is 6.61 Å². The second-order valence-electron chi connectivity index (χ2n) is 15.7. The molecule has 1 saturated heterocycles. The maximum atomic E-state index is 11.9. The van der Waals surface area contributed by atoms with Crippen LogP contribution in [0.25, 0.3) is 0 Å². The van der Waals surface area contributed by atoms with Gasteiger partial charge in [0.2, 0.25) is 0 Å². The van der Waals surface area contributed by atoms with Gasteiger partial charge in [-0.15, -0.1) is 0 Å². The molecule has 0 saturated carbocycles. The van der Waals surface area contributed by atoms with Gasteiger partial charge in [-0.25, -0.2) is 0 Å². The van der Waals surface area contributed by atoms with Crippen LogP contribution in [-0.2, 0) is 18.0 Å². The average molecular weight is 615 g/mol.